The second kappa shape index (κ2) is 5.12. The normalized spacial score (nSPS) is 12.8. The van der Waals surface area contributed by atoms with E-state index in [1.54, 1.807) is 0 Å². The molecule has 2 rings (SSSR count). The van der Waals surface area contributed by atoms with Gasteiger partial charge in [0.1, 0.15) is 0 Å². The Morgan fingerprint density at radius 2 is 2.28 bits per heavy atom. The molecule has 0 saturated heterocycles. The van der Waals surface area contributed by atoms with E-state index in [1.165, 1.54) is 0 Å². The topological polar surface area (TPSA) is 79.1 Å². The van der Waals surface area contributed by atoms with Gasteiger partial charge in [0, 0.05) is 27.6 Å². The zero-order chi connectivity index (χ0) is 13.3. The summed E-state index contributed by atoms with van der Waals surface area (Å²) in [5.41, 5.74) is 8.55. The number of nitrogens with one attached hydrogen (secondary N) is 1. The smallest absolute Gasteiger partial charge is 0.308 e. The maximum absolute atomic E-state index is 11.1. The minimum Gasteiger partial charge on any atom is -0.481 e. The van der Waals surface area contributed by atoms with Crippen molar-refractivity contribution < 1.29 is 9.90 Å². The highest BCUT2D eigenvalue weighted by Crippen LogP contribution is 2.30. The summed E-state index contributed by atoms with van der Waals surface area (Å²) in [6.45, 7) is 2.10. The van der Waals surface area contributed by atoms with Crippen molar-refractivity contribution in [2.75, 3.05) is 6.54 Å². The number of aryl methyl sites for hydroxylation is 1. The summed E-state index contributed by atoms with van der Waals surface area (Å²) in [5.74, 6) is -1.40. The van der Waals surface area contributed by atoms with Gasteiger partial charge in [0.05, 0.1) is 5.92 Å². The van der Waals surface area contributed by atoms with Gasteiger partial charge in [-0.1, -0.05) is 22.0 Å². The molecule has 18 heavy (non-hydrogen) atoms. The highest BCUT2D eigenvalue weighted by molar-refractivity contribution is 9.10. The van der Waals surface area contributed by atoms with Gasteiger partial charge in [0.25, 0.3) is 0 Å². The second-order valence-corrected chi connectivity index (χ2v) is 5.22. The molecule has 2 aromatic rings. The summed E-state index contributed by atoms with van der Waals surface area (Å²) in [4.78, 5) is 14.4. The molecular formula is C13H15BrN2O2. The van der Waals surface area contributed by atoms with E-state index < -0.39 is 11.9 Å². The van der Waals surface area contributed by atoms with E-state index >= 15 is 0 Å². The van der Waals surface area contributed by atoms with Crippen molar-refractivity contribution in [1.29, 1.82) is 0 Å². The van der Waals surface area contributed by atoms with Crippen LogP contribution in [0.2, 0.25) is 0 Å². The molecule has 0 bridgehead atoms. The summed E-state index contributed by atoms with van der Waals surface area (Å²) in [6, 6.07) is 5.88. The van der Waals surface area contributed by atoms with Crippen LogP contribution in [0.4, 0.5) is 0 Å². The summed E-state index contributed by atoms with van der Waals surface area (Å²) < 4.78 is 0.973. The number of aromatic amines is 1. The Morgan fingerprint density at radius 3 is 2.89 bits per heavy atom. The maximum atomic E-state index is 11.1. The van der Waals surface area contributed by atoms with Crippen molar-refractivity contribution in [3.63, 3.8) is 0 Å². The first-order valence-electron chi connectivity index (χ1n) is 5.73. The van der Waals surface area contributed by atoms with Gasteiger partial charge in [0.2, 0.25) is 0 Å². The number of aromatic nitrogens is 1. The predicted octanol–water partition coefficient (Wildman–Crippen LogP) is 2.44. The number of hydrogen-bond donors (Lipinski definition) is 3. The van der Waals surface area contributed by atoms with E-state index in [1.807, 2.05) is 25.1 Å². The molecule has 0 fully saturated rings. The molecule has 0 aliphatic heterocycles. The minimum atomic E-state index is -0.849. The van der Waals surface area contributed by atoms with Crippen LogP contribution in [0.5, 0.6) is 0 Å². The molecule has 96 valence electrons. The van der Waals surface area contributed by atoms with E-state index in [9.17, 15) is 4.79 Å². The highest BCUT2D eigenvalue weighted by atomic mass is 79.9. The molecule has 0 spiro atoms. The zero-order valence-corrected chi connectivity index (χ0v) is 11.6. The van der Waals surface area contributed by atoms with Crippen LogP contribution in [0.3, 0.4) is 0 Å². The largest absolute Gasteiger partial charge is 0.481 e. The number of H-pyrrole nitrogens is 1. The fourth-order valence-corrected chi connectivity index (χ4v) is 2.78. The predicted molar refractivity (Wildman–Crippen MR) is 74.6 cm³/mol. The molecule has 4 nitrogen and oxygen atoms in total. The molecule has 1 aromatic heterocycles. The lowest BCUT2D eigenvalue weighted by molar-refractivity contribution is -0.141. The number of fused-ring (bicyclic) bond motifs is 1. The van der Waals surface area contributed by atoms with Crippen LogP contribution in [0.1, 0.15) is 11.3 Å². The number of carboxylic acids is 1. The van der Waals surface area contributed by atoms with Gasteiger partial charge in [-0.05, 0) is 31.0 Å². The Kier molecular flexibility index (Phi) is 3.73. The van der Waals surface area contributed by atoms with Crippen molar-refractivity contribution in [2.24, 2.45) is 11.7 Å². The van der Waals surface area contributed by atoms with Crippen molar-refractivity contribution in [3.05, 3.63) is 33.9 Å². The monoisotopic (exact) mass is 310 g/mol. The van der Waals surface area contributed by atoms with Crippen LogP contribution in [-0.4, -0.2) is 22.6 Å². The number of nitrogens with two attached hydrogens (primary N) is 1. The zero-order valence-electron chi connectivity index (χ0n) is 10.0. The lowest BCUT2D eigenvalue weighted by Gasteiger charge is -2.10. The molecule has 0 saturated carbocycles. The van der Waals surface area contributed by atoms with E-state index in [0.717, 1.165) is 26.6 Å². The van der Waals surface area contributed by atoms with E-state index in [2.05, 4.69) is 20.9 Å². The molecule has 0 amide bonds. The number of aliphatic carboxylic acids is 1. The number of halogens is 1. The molecular weight excluding hydrogens is 296 g/mol. The Balaban J connectivity index is 2.50. The summed E-state index contributed by atoms with van der Waals surface area (Å²) >= 11 is 3.51. The number of hydrogen-bond acceptors (Lipinski definition) is 2. The summed E-state index contributed by atoms with van der Waals surface area (Å²) in [6.07, 6.45) is 0.445. The Morgan fingerprint density at radius 1 is 1.56 bits per heavy atom. The number of benzene rings is 1. The molecule has 1 aromatic carbocycles. The Bertz CT molecular complexity index is 592. The maximum Gasteiger partial charge on any atom is 0.308 e. The first-order valence-corrected chi connectivity index (χ1v) is 6.52. The second-order valence-electron chi connectivity index (χ2n) is 4.37. The fourth-order valence-electron chi connectivity index (χ4n) is 2.17. The van der Waals surface area contributed by atoms with Crippen LogP contribution >= 0.6 is 15.9 Å². The van der Waals surface area contributed by atoms with Crippen molar-refractivity contribution in [1.82, 2.24) is 4.98 Å². The first-order chi connectivity index (χ1) is 8.54. The van der Waals surface area contributed by atoms with E-state index in [-0.39, 0.29) is 6.54 Å². The summed E-state index contributed by atoms with van der Waals surface area (Å²) in [7, 11) is 0. The third-order valence-electron chi connectivity index (χ3n) is 3.17. The molecule has 4 N–H and O–H groups in total. The molecule has 1 heterocycles. The SMILES string of the molecule is Cc1[nH]c2cccc(Br)c2c1CC(CN)C(=O)O. The fraction of sp³-hybridized carbons (Fsp3) is 0.308. The lowest BCUT2D eigenvalue weighted by atomic mass is 9.97. The quantitative estimate of drug-likeness (QED) is 0.811. The average Bonchev–Trinajstić information content (AvgIpc) is 2.63. The van der Waals surface area contributed by atoms with Crippen molar-refractivity contribution in [3.8, 4) is 0 Å². The van der Waals surface area contributed by atoms with Gasteiger partial charge >= 0.3 is 5.97 Å². The lowest BCUT2D eigenvalue weighted by Crippen LogP contribution is -2.25. The third kappa shape index (κ3) is 2.28. The first kappa shape index (κ1) is 13.1. The summed E-state index contributed by atoms with van der Waals surface area (Å²) in [5, 5.41) is 10.2. The van der Waals surface area contributed by atoms with Gasteiger partial charge in [-0.25, -0.2) is 0 Å². The van der Waals surface area contributed by atoms with Gasteiger partial charge in [-0.3, -0.25) is 4.79 Å². The molecule has 0 radical (unpaired) electrons. The number of carboxylic acid groups (broad SMARTS) is 1. The third-order valence-corrected chi connectivity index (χ3v) is 3.84. The molecule has 1 unspecified atom stereocenters. The highest BCUT2D eigenvalue weighted by Gasteiger charge is 2.20. The van der Waals surface area contributed by atoms with Gasteiger partial charge in [-0.15, -0.1) is 0 Å². The van der Waals surface area contributed by atoms with Crippen LogP contribution in [0.15, 0.2) is 22.7 Å². The minimum absolute atomic E-state index is 0.145. The van der Waals surface area contributed by atoms with Crippen LogP contribution < -0.4 is 5.73 Å². The van der Waals surface area contributed by atoms with Crippen LogP contribution in [0.25, 0.3) is 10.9 Å². The molecule has 1 atom stereocenters. The van der Waals surface area contributed by atoms with Gasteiger partial charge < -0.3 is 15.8 Å². The number of carbonyl (C=O) groups is 1. The van der Waals surface area contributed by atoms with Gasteiger partial charge in [-0.2, -0.15) is 0 Å². The van der Waals surface area contributed by atoms with E-state index in [0.29, 0.717) is 6.42 Å². The van der Waals surface area contributed by atoms with Crippen LogP contribution in [0, 0.1) is 12.8 Å². The Hall–Kier alpha value is -1.33. The molecule has 0 aliphatic carbocycles. The standard InChI is InChI=1S/C13H15BrN2O2/c1-7-9(5-8(6-15)13(17)18)12-10(14)3-2-4-11(12)16-7/h2-4,8,16H,5-6,15H2,1H3,(H,17,18). The number of rotatable bonds is 4. The Labute approximate surface area is 113 Å². The molecule has 0 aliphatic rings. The average molecular weight is 311 g/mol. The molecule has 5 heteroatoms. The van der Waals surface area contributed by atoms with Crippen LogP contribution in [-0.2, 0) is 11.2 Å². The van der Waals surface area contributed by atoms with E-state index in [4.69, 9.17) is 10.8 Å². The van der Waals surface area contributed by atoms with Crippen molar-refractivity contribution >= 4 is 32.8 Å². The van der Waals surface area contributed by atoms with Crippen molar-refractivity contribution in [2.45, 2.75) is 13.3 Å². The van der Waals surface area contributed by atoms with Gasteiger partial charge in [0.15, 0.2) is 0 Å².